The van der Waals surface area contributed by atoms with Crippen molar-refractivity contribution in [3.05, 3.63) is 53.8 Å². The molecule has 2 rings (SSSR count). The molecule has 1 N–H and O–H groups in total. The number of nitrogens with one attached hydrogen (secondary N) is 1. The Hall–Kier alpha value is -2.55. The van der Waals surface area contributed by atoms with Gasteiger partial charge in [0.25, 0.3) is 5.91 Å². The number of carbonyl (C=O) groups is 1. The number of hydrogen-bond acceptors (Lipinski definition) is 4. The summed E-state index contributed by atoms with van der Waals surface area (Å²) >= 11 is 0. The van der Waals surface area contributed by atoms with E-state index in [-0.39, 0.29) is 21.9 Å². The van der Waals surface area contributed by atoms with Crippen LogP contribution < -0.4 is 10.1 Å². The highest BCUT2D eigenvalue weighted by atomic mass is 32.2. The van der Waals surface area contributed by atoms with Gasteiger partial charge in [-0.3, -0.25) is 4.79 Å². The molecule has 0 bridgehead atoms. The first-order chi connectivity index (χ1) is 11.2. The summed E-state index contributed by atoms with van der Waals surface area (Å²) in [6.45, 7) is -2.99. The molecule has 0 atom stereocenters. The van der Waals surface area contributed by atoms with Gasteiger partial charge in [-0.05, 0) is 42.5 Å². The highest BCUT2D eigenvalue weighted by Gasteiger charge is 2.14. The standard InChI is InChI=1S/C15H12F3NO4S/c1-24(21,22)11-6-7-12(16)13(8-11)19-14(20)9-2-4-10(5-3-9)23-15(17)18/h2-8,15H,1H3,(H,19,20). The van der Waals surface area contributed by atoms with E-state index in [0.717, 1.165) is 36.6 Å². The third kappa shape index (κ3) is 4.48. The Morgan fingerprint density at radius 2 is 1.75 bits per heavy atom. The number of benzene rings is 2. The first-order valence-electron chi connectivity index (χ1n) is 6.52. The summed E-state index contributed by atoms with van der Waals surface area (Å²) < 4.78 is 64.9. The summed E-state index contributed by atoms with van der Waals surface area (Å²) in [7, 11) is -3.57. The van der Waals surface area contributed by atoms with Crippen LogP contribution in [0.15, 0.2) is 47.4 Å². The van der Waals surface area contributed by atoms with Crippen molar-refractivity contribution in [2.45, 2.75) is 11.5 Å². The van der Waals surface area contributed by atoms with Crippen LogP contribution in [0.2, 0.25) is 0 Å². The smallest absolute Gasteiger partial charge is 0.387 e. The van der Waals surface area contributed by atoms with Crippen molar-refractivity contribution in [2.24, 2.45) is 0 Å². The summed E-state index contributed by atoms with van der Waals surface area (Å²) in [6, 6.07) is 7.74. The lowest BCUT2D eigenvalue weighted by atomic mass is 10.2. The number of amides is 1. The summed E-state index contributed by atoms with van der Waals surface area (Å²) in [5.74, 6) is -1.68. The molecule has 1 amide bonds. The molecular weight excluding hydrogens is 347 g/mol. The molecule has 0 spiro atoms. The average Bonchev–Trinajstić information content (AvgIpc) is 2.48. The second-order valence-corrected chi connectivity index (χ2v) is 6.79. The van der Waals surface area contributed by atoms with Crippen molar-refractivity contribution in [3.63, 3.8) is 0 Å². The number of rotatable bonds is 5. The Morgan fingerprint density at radius 3 is 2.29 bits per heavy atom. The summed E-state index contributed by atoms with van der Waals surface area (Å²) in [5.41, 5.74) is -0.253. The van der Waals surface area contributed by atoms with Crippen LogP contribution in [0.1, 0.15) is 10.4 Å². The summed E-state index contributed by atoms with van der Waals surface area (Å²) in [5, 5.41) is 2.23. The second-order valence-electron chi connectivity index (χ2n) is 4.77. The SMILES string of the molecule is CS(=O)(=O)c1ccc(F)c(NC(=O)c2ccc(OC(F)F)cc2)c1. The van der Waals surface area contributed by atoms with Crippen LogP contribution in [0.3, 0.4) is 0 Å². The number of ether oxygens (including phenoxy) is 1. The van der Waals surface area contributed by atoms with Crippen molar-refractivity contribution in [1.29, 1.82) is 0 Å². The van der Waals surface area contributed by atoms with E-state index < -0.39 is 28.2 Å². The van der Waals surface area contributed by atoms with Crippen LogP contribution in [0.25, 0.3) is 0 Å². The molecule has 0 aliphatic heterocycles. The van der Waals surface area contributed by atoms with Gasteiger partial charge in [0.05, 0.1) is 10.6 Å². The Kier molecular flexibility index (Phi) is 5.13. The maximum Gasteiger partial charge on any atom is 0.387 e. The summed E-state index contributed by atoms with van der Waals surface area (Å²) in [4.78, 5) is 11.9. The molecular formula is C15H12F3NO4S. The van der Waals surface area contributed by atoms with Crippen LogP contribution in [0.4, 0.5) is 18.9 Å². The fraction of sp³-hybridized carbons (Fsp3) is 0.133. The molecule has 9 heteroatoms. The Morgan fingerprint density at radius 1 is 1.12 bits per heavy atom. The number of sulfone groups is 1. The molecule has 0 saturated heterocycles. The van der Waals surface area contributed by atoms with Crippen LogP contribution in [-0.4, -0.2) is 27.2 Å². The van der Waals surface area contributed by atoms with Gasteiger partial charge in [-0.25, -0.2) is 12.8 Å². The van der Waals surface area contributed by atoms with Gasteiger partial charge in [-0.2, -0.15) is 8.78 Å². The van der Waals surface area contributed by atoms with Gasteiger partial charge in [0.2, 0.25) is 0 Å². The predicted octanol–water partition coefficient (Wildman–Crippen LogP) is 3.08. The van der Waals surface area contributed by atoms with E-state index in [9.17, 15) is 26.4 Å². The van der Waals surface area contributed by atoms with Gasteiger partial charge in [0, 0.05) is 11.8 Å². The number of hydrogen-bond donors (Lipinski definition) is 1. The van der Waals surface area contributed by atoms with E-state index in [1.807, 2.05) is 0 Å². The van der Waals surface area contributed by atoms with Gasteiger partial charge in [0.1, 0.15) is 11.6 Å². The van der Waals surface area contributed by atoms with E-state index >= 15 is 0 Å². The lowest BCUT2D eigenvalue weighted by Crippen LogP contribution is -2.13. The van der Waals surface area contributed by atoms with E-state index in [2.05, 4.69) is 10.1 Å². The third-order valence-corrected chi connectivity index (χ3v) is 4.07. The van der Waals surface area contributed by atoms with E-state index in [4.69, 9.17) is 0 Å². The molecule has 0 unspecified atom stereocenters. The van der Waals surface area contributed by atoms with Gasteiger partial charge < -0.3 is 10.1 Å². The van der Waals surface area contributed by atoms with Crippen LogP contribution in [0.5, 0.6) is 5.75 Å². The van der Waals surface area contributed by atoms with Gasteiger partial charge in [-0.15, -0.1) is 0 Å². The first-order valence-corrected chi connectivity index (χ1v) is 8.42. The molecule has 0 fully saturated rings. The largest absolute Gasteiger partial charge is 0.435 e. The van der Waals surface area contributed by atoms with Crippen LogP contribution in [0, 0.1) is 5.82 Å². The highest BCUT2D eigenvalue weighted by molar-refractivity contribution is 7.90. The molecule has 0 heterocycles. The Balaban J connectivity index is 2.20. The van der Waals surface area contributed by atoms with Gasteiger partial charge in [0.15, 0.2) is 9.84 Å². The van der Waals surface area contributed by atoms with Crippen molar-refractivity contribution in [3.8, 4) is 5.75 Å². The minimum absolute atomic E-state index is 0.0563. The zero-order valence-corrected chi connectivity index (χ0v) is 13.1. The Labute approximate surface area is 136 Å². The lowest BCUT2D eigenvalue weighted by Gasteiger charge is -2.09. The quantitative estimate of drug-likeness (QED) is 0.833. The fourth-order valence-corrected chi connectivity index (χ4v) is 2.46. The number of halogens is 3. The molecule has 2 aromatic carbocycles. The molecule has 2 aromatic rings. The van der Waals surface area contributed by atoms with Crippen LogP contribution >= 0.6 is 0 Å². The molecule has 24 heavy (non-hydrogen) atoms. The third-order valence-electron chi connectivity index (χ3n) is 2.96. The molecule has 0 radical (unpaired) electrons. The van der Waals surface area contributed by atoms with Crippen molar-refractivity contribution < 1.29 is 31.1 Å². The minimum Gasteiger partial charge on any atom is -0.435 e. The normalized spacial score (nSPS) is 11.4. The predicted molar refractivity (Wildman–Crippen MR) is 80.5 cm³/mol. The zero-order valence-electron chi connectivity index (χ0n) is 12.3. The molecule has 0 aliphatic rings. The van der Waals surface area contributed by atoms with Gasteiger partial charge >= 0.3 is 6.61 Å². The molecule has 128 valence electrons. The maximum atomic E-state index is 13.7. The fourth-order valence-electron chi connectivity index (χ4n) is 1.81. The first kappa shape index (κ1) is 17.8. The van der Waals surface area contributed by atoms with Crippen LogP contribution in [-0.2, 0) is 9.84 Å². The average molecular weight is 359 g/mol. The van der Waals surface area contributed by atoms with Crippen molar-refractivity contribution >= 4 is 21.4 Å². The molecule has 0 aromatic heterocycles. The molecule has 5 nitrogen and oxygen atoms in total. The molecule has 0 saturated carbocycles. The zero-order chi connectivity index (χ0) is 17.9. The monoisotopic (exact) mass is 359 g/mol. The molecule has 0 aliphatic carbocycles. The highest BCUT2D eigenvalue weighted by Crippen LogP contribution is 2.21. The van der Waals surface area contributed by atoms with Gasteiger partial charge in [-0.1, -0.05) is 0 Å². The second kappa shape index (κ2) is 6.91. The number of carbonyl (C=O) groups excluding carboxylic acids is 1. The van der Waals surface area contributed by atoms with Crippen molar-refractivity contribution in [1.82, 2.24) is 0 Å². The number of anilines is 1. The topological polar surface area (TPSA) is 72.5 Å². The lowest BCUT2D eigenvalue weighted by molar-refractivity contribution is -0.0498. The van der Waals surface area contributed by atoms with E-state index in [0.29, 0.717) is 0 Å². The van der Waals surface area contributed by atoms with E-state index in [1.165, 1.54) is 12.1 Å². The van der Waals surface area contributed by atoms with E-state index in [1.54, 1.807) is 0 Å². The summed E-state index contributed by atoms with van der Waals surface area (Å²) in [6.07, 6.45) is 0.952. The maximum absolute atomic E-state index is 13.7. The number of alkyl halides is 2. The Bertz CT molecular complexity index is 852. The minimum atomic E-state index is -3.57. The van der Waals surface area contributed by atoms with Crippen molar-refractivity contribution in [2.75, 3.05) is 11.6 Å².